The number of benzene rings is 2. The first-order valence-corrected chi connectivity index (χ1v) is 10.7. The quantitative estimate of drug-likeness (QED) is 0.404. The second-order valence-electron chi connectivity index (χ2n) is 7.85. The maximum atomic E-state index is 12.5. The lowest BCUT2D eigenvalue weighted by Gasteiger charge is -2.07. The molecule has 6 nitrogen and oxygen atoms in total. The van der Waals surface area contributed by atoms with Crippen LogP contribution in [0.15, 0.2) is 48.8 Å². The molecule has 0 saturated carbocycles. The van der Waals surface area contributed by atoms with Gasteiger partial charge in [-0.1, -0.05) is 29.8 Å². The molecule has 0 aliphatic carbocycles. The summed E-state index contributed by atoms with van der Waals surface area (Å²) in [5, 5.41) is 4.70. The van der Waals surface area contributed by atoms with Gasteiger partial charge in [-0.15, -0.1) is 0 Å². The number of hydrogen-bond acceptors (Lipinski definition) is 4. The van der Waals surface area contributed by atoms with E-state index in [0.717, 1.165) is 40.1 Å². The molecule has 0 unspecified atom stereocenters. The van der Waals surface area contributed by atoms with E-state index in [4.69, 9.17) is 9.84 Å². The van der Waals surface area contributed by atoms with Crippen molar-refractivity contribution in [2.45, 2.75) is 53.8 Å². The van der Waals surface area contributed by atoms with Crippen molar-refractivity contribution in [3.63, 3.8) is 0 Å². The Bertz CT molecular complexity index is 1240. The minimum Gasteiger partial charge on any atom is -0.461 e. The van der Waals surface area contributed by atoms with Crippen molar-refractivity contribution in [1.82, 2.24) is 19.3 Å². The highest BCUT2D eigenvalue weighted by Crippen LogP contribution is 2.24. The number of carbonyl (C=O) groups excluding carboxylic acids is 1. The number of esters is 1. The molecular weight excluding hydrogens is 388 g/mol. The van der Waals surface area contributed by atoms with Gasteiger partial charge in [0.1, 0.15) is 6.61 Å². The molecule has 31 heavy (non-hydrogen) atoms. The molecule has 0 bridgehead atoms. The third-order valence-corrected chi connectivity index (χ3v) is 5.57. The monoisotopic (exact) mass is 416 g/mol. The van der Waals surface area contributed by atoms with E-state index in [2.05, 4.69) is 48.5 Å². The van der Waals surface area contributed by atoms with E-state index in [1.165, 1.54) is 11.1 Å². The van der Waals surface area contributed by atoms with E-state index < -0.39 is 0 Å². The number of fused-ring (bicyclic) bond motifs is 1. The number of nitrogens with zero attached hydrogens (tertiary/aromatic N) is 4. The van der Waals surface area contributed by atoms with E-state index >= 15 is 0 Å². The molecule has 0 fully saturated rings. The molecule has 0 aliphatic heterocycles. The van der Waals surface area contributed by atoms with E-state index in [0.29, 0.717) is 6.54 Å². The predicted molar refractivity (Wildman–Crippen MR) is 122 cm³/mol. The van der Waals surface area contributed by atoms with Crippen LogP contribution in [-0.2, 0) is 35.6 Å². The van der Waals surface area contributed by atoms with E-state index in [1.807, 2.05) is 42.2 Å². The molecule has 0 spiro atoms. The first-order chi connectivity index (χ1) is 15.0. The number of imidazole rings is 1. The summed E-state index contributed by atoms with van der Waals surface area (Å²) in [7, 11) is 0. The largest absolute Gasteiger partial charge is 0.461 e. The molecular formula is C25H28N4O2. The van der Waals surface area contributed by atoms with Gasteiger partial charge in [-0.2, -0.15) is 5.10 Å². The molecule has 0 aliphatic rings. The molecule has 0 amide bonds. The molecule has 2 aromatic carbocycles. The van der Waals surface area contributed by atoms with Gasteiger partial charge in [0.15, 0.2) is 0 Å². The minimum absolute atomic E-state index is 0.193. The highest BCUT2D eigenvalue weighted by molar-refractivity contribution is 5.76. The summed E-state index contributed by atoms with van der Waals surface area (Å²) >= 11 is 0. The summed E-state index contributed by atoms with van der Waals surface area (Å²) in [6.45, 7) is 10.1. The lowest BCUT2D eigenvalue weighted by molar-refractivity contribution is -0.144. The number of ether oxygens (including phenoxy) is 1. The number of carbonyl (C=O) groups is 1. The predicted octanol–water partition coefficient (Wildman–Crippen LogP) is 4.84. The van der Waals surface area contributed by atoms with E-state index in [9.17, 15) is 4.79 Å². The van der Waals surface area contributed by atoms with Crippen LogP contribution in [0, 0.1) is 13.8 Å². The van der Waals surface area contributed by atoms with Gasteiger partial charge >= 0.3 is 5.97 Å². The lowest BCUT2D eigenvalue weighted by Crippen LogP contribution is -2.12. The molecule has 4 aromatic rings. The van der Waals surface area contributed by atoms with Gasteiger partial charge in [0.2, 0.25) is 0 Å². The Morgan fingerprint density at radius 3 is 2.61 bits per heavy atom. The zero-order chi connectivity index (χ0) is 22.0. The van der Waals surface area contributed by atoms with Crippen molar-refractivity contribution in [3.8, 4) is 11.3 Å². The van der Waals surface area contributed by atoms with Crippen molar-refractivity contribution in [3.05, 3.63) is 71.2 Å². The van der Waals surface area contributed by atoms with Crippen LogP contribution in [0.4, 0.5) is 0 Å². The van der Waals surface area contributed by atoms with Crippen LogP contribution in [-0.4, -0.2) is 25.3 Å². The molecule has 2 aromatic heterocycles. The molecule has 6 heteroatoms. The Balaban J connectivity index is 1.45. The van der Waals surface area contributed by atoms with Crippen LogP contribution < -0.4 is 0 Å². The fraction of sp³-hybridized carbons (Fsp3) is 0.320. The van der Waals surface area contributed by atoms with Crippen LogP contribution in [0.25, 0.3) is 22.3 Å². The van der Waals surface area contributed by atoms with Gasteiger partial charge in [0, 0.05) is 18.7 Å². The first-order valence-electron chi connectivity index (χ1n) is 10.7. The van der Waals surface area contributed by atoms with Crippen LogP contribution in [0.3, 0.4) is 0 Å². The molecule has 0 atom stereocenters. The van der Waals surface area contributed by atoms with Crippen LogP contribution >= 0.6 is 0 Å². The van der Waals surface area contributed by atoms with Gasteiger partial charge in [-0.05, 0) is 57.0 Å². The average Bonchev–Trinajstić information content (AvgIpc) is 3.35. The number of rotatable bonds is 7. The van der Waals surface area contributed by atoms with Gasteiger partial charge in [-0.25, -0.2) is 4.98 Å². The van der Waals surface area contributed by atoms with E-state index in [1.54, 1.807) is 0 Å². The van der Waals surface area contributed by atoms with Crippen LogP contribution in [0.1, 0.15) is 36.2 Å². The summed E-state index contributed by atoms with van der Waals surface area (Å²) in [5.41, 5.74) is 8.17. The summed E-state index contributed by atoms with van der Waals surface area (Å²) in [5.74, 6) is -0.263. The summed E-state index contributed by atoms with van der Waals surface area (Å²) in [4.78, 5) is 17.0. The van der Waals surface area contributed by atoms with Gasteiger partial charge in [-0.3, -0.25) is 9.48 Å². The van der Waals surface area contributed by atoms with Crippen molar-refractivity contribution >= 4 is 17.0 Å². The summed E-state index contributed by atoms with van der Waals surface area (Å²) in [6, 6.07) is 14.3. The fourth-order valence-electron chi connectivity index (χ4n) is 3.92. The molecule has 0 N–H and O–H groups in total. The van der Waals surface area contributed by atoms with Gasteiger partial charge in [0.05, 0.1) is 35.2 Å². The van der Waals surface area contributed by atoms with Crippen molar-refractivity contribution < 1.29 is 9.53 Å². The molecule has 2 heterocycles. The molecule has 160 valence electrons. The fourth-order valence-corrected chi connectivity index (χ4v) is 3.92. The average molecular weight is 417 g/mol. The standard InChI is InChI=1S/C25H28N4O2/c1-5-28-16-26-23-12-19(8-10-24(23)28)15-31-25(30)14-20-13-22(27-29(20)6-2)21-9-7-17(3)11-18(21)4/h7-13,16H,5-6,14-15H2,1-4H3. The maximum absolute atomic E-state index is 12.5. The first kappa shape index (κ1) is 20.8. The topological polar surface area (TPSA) is 61.9 Å². The molecule has 4 rings (SSSR count). The Morgan fingerprint density at radius 2 is 1.87 bits per heavy atom. The maximum Gasteiger partial charge on any atom is 0.312 e. The number of aryl methyl sites for hydroxylation is 4. The SMILES string of the molecule is CCn1nc(-c2ccc(C)cc2C)cc1CC(=O)OCc1ccc2c(c1)ncn2CC. The van der Waals surface area contributed by atoms with Gasteiger partial charge in [0.25, 0.3) is 0 Å². The van der Waals surface area contributed by atoms with E-state index in [-0.39, 0.29) is 19.0 Å². The number of aromatic nitrogens is 4. The molecule has 0 radical (unpaired) electrons. The van der Waals surface area contributed by atoms with Crippen molar-refractivity contribution in [2.75, 3.05) is 0 Å². The second kappa shape index (κ2) is 8.76. The third kappa shape index (κ3) is 4.38. The van der Waals surface area contributed by atoms with Crippen molar-refractivity contribution in [1.29, 1.82) is 0 Å². The molecule has 0 saturated heterocycles. The Morgan fingerprint density at radius 1 is 1.03 bits per heavy atom. The smallest absolute Gasteiger partial charge is 0.312 e. The zero-order valence-corrected chi connectivity index (χ0v) is 18.6. The van der Waals surface area contributed by atoms with Crippen molar-refractivity contribution in [2.24, 2.45) is 0 Å². The Labute approximate surface area is 182 Å². The Kier molecular flexibility index (Phi) is 5.89. The highest BCUT2D eigenvalue weighted by atomic mass is 16.5. The highest BCUT2D eigenvalue weighted by Gasteiger charge is 2.15. The van der Waals surface area contributed by atoms with Gasteiger partial charge < -0.3 is 9.30 Å². The normalized spacial score (nSPS) is 11.2. The Hall–Kier alpha value is -3.41. The third-order valence-electron chi connectivity index (χ3n) is 5.57. The van der Waals surface area contributed by atoms with Crippen LogP contribution in [0.5, 0.6) is 0 Å². The minimum atomic E-state index is -0.263. The summed E-state index contributed by atoms with van der Waals surface area (Å²) < 4.78 is 9.52. The number of hydrogen-bond donors (Lipinski definition) is 0. The van der Waals surface area contributed by atoms with Crippen LogP contribution in [0.2, 0.25) is 0 Å². The lowest BCUT2D eigenvalue weighted by atomic mass is 10.0. The summed E-state index contributed by atoms with van der Waals surface area (Å²) in [6.07, 6.45) is 2.03. The second-order valence-corrected chi connectivity index (χ2v) is 7.85. The zero-order valence-electron chi connectivity index (χ0n) is 18.6.